The Hall–Kier alpha value is -1.62. The average molecular weight is 400 g/mol. The van der Waals surface area contributed by atoms with Crippen LogP contribution in [0.5, 0.6) is 0 Å². The molecule has 0 radical (unpaired) electrons. The Bertz CT molecular complexity index is 734. The summed E-state index contributed by atoms with van der Waals surface area (Å²) in [6.07, 6.45) is 10.9. The zero-order valence-corrected chi connectivity index (χ0v) is 18.3. The lowest BCUT2D eigenvalue weighted by atomic mass is 9.88. The number of hydrogen-bond acceptors (Lipinski definition) is 3. The van der Waals surface area contributed by atoms with Crippen molar-refractivity contribution in [2.45, 2.75) is 77.7 Å². The van der Waals surface area contributed by atoms with E-state index in [1.54, 1.807) is 0 Å². The number of carbonyl (C=O) groups is 2. The smallest absolute Gasteiger partial charge is 0.225 e. The number of hydrogen-bond donors (Lipinski definition) is 0. The maximum absolute atomic E-state index is 13.0. The predicted octanol–water partition coefficient (Wildman–Crippen LogP) is 4.13. The van der Waals surface area contributed by atoms with Crippen LogP contribution in [0.2, 0.25) is 0 Å². The van der Waals surface area contributed by atoms with Crippen molar-refractivity contribution in [3.63, 3.8) is 0 Å². The molecule has 29 heavy (non-hydrogen) atoms. The molecule has 5 nitrogen and oxygen atoms in total. The summed E-state index contributed by atoms with van der Waals surface area (Å²) in [5.41, 5.74) is 3.27. The number of Topliss-reactive ketones (excluding diaryl/α,β-unsaturated/α-hetero) is 1. The van der Waals surface area contributed by atoms with Crippen LogP contribution in [0.15, 0.2) is 6.07 Å². The molecule has 160 valence electrons. The quantitative estimate of drug-likeness (QED) is 0.700. The van der Waals surface area contributed by atoms with Gasteiger partial charge in [0.05, 0.1) is 6.54 Å². The van der Waals surface area contributed by atoms with Crippen molar-refractivity contribution in [3.05, 3.63) is 23.0 Å². The van der Waals surface area contributed by atoms with Crippen molar-refractivity contribution < 1.29 is 9.59 Å². The van der Waals surface area contributed by atoms with Gasteiger partial charge in [-0.1, -0.05) is 32.1 Å². The third kappa shape index (κ3) is 4.45. The van der Waals surface area contributed by atoms with Crippen LogP contribution in [0.1, 0.15) is 85.6 Å². The topological polar surface area (TPSA) is 45.6 Å². The Morgan fingerprint density at radius 3 is 2.17 bits per heavy atom. The molecular weight excluding hydrogens is 362 g/mol. The van der Waals surface area contributed by atoms with Crippen LogP contribution in [0.4, 0.5) is 0 Å². The van der Waals surface area contributed by atoms with E-state index in [0.717, 1.165) is 50.3 Å². The van der Waals surface area contributed by atoms with Gasteiger partial charge in [-0.05, 0) is 45.6 Å². The van der Waals surface area contributed by atoms with Crippen molar-refractivity contribution >= 4 is 11.7 Å². The van der Waals surface area contributed by atoms with Crippen LogP contribution in [0, 0.1) is 19.8 Å². The Kier molecular flexibility index (Phi) is 6.43. The summed E-state index contributed by atoms with van der Waals surface area (Å²) in [6, 6.07) is 2.67. The zero-order chi connectivity index (χ0) is 20.4. The number of rotatable bonds is 5. The fourth-order valence-corrected chi connectivity index (χ4v) is 5.81. The molecule has 0 atom stereocenters. The van der Waals surface area contributed by atoms with Gasteiger partial charge in [0.1, 0.15) is 0 Å². The van der Waals surface area contributed by atoms with E-state index in [0.29, 0.717) is 18.5 Å². The minimum absolute atomic E-state index is 0.231. The Balaban J connectivity index is 1.32. The molecule has 0 N–H and O–H groups in total. The molecule has 0 aromatic carbocycles. The molecule has 5 heteroatoms. The molecule has 1 aliphatic heterocycles. The predicted molar refractivity (Wildman–Crippen MR) is 115 cm³/mol. The lowest BCUT2D eigenvalue weighted by Gasteiger charge is -2.36. The molecule has 1 saturated heterocycles. The molecule has 1 aromatic rings. The summed E-state index contributed by atoms with van der Waals surface area (Å²) in [6.45, 7) is 7.88. The molecular formula is C24H37N3O2. The van der Waals surface area contributed by atoms with Crippen LogP contribution >= 0.6 is 0 Å². The Morgan fingerprint density at radius 1 is 0.897 bits per heavy atom. The standard InChI is InChI=1S/C24H37N3O2/c1-18-16-22(19(2)27(18)21-10-6-7-11-21)23(28)17-25-12-14-26(15-13-25)24(29)20-8-4-3-5-9-20/h16,20-21H,3-15,17H2,1-2H3. The van der Waals surface area contributed by atoms with Crippen LogP contribution < -0.4 is 0 Å². The fraction of sp³-hybridized carbons (Fsp3) is 0.750. The van der Waals surface area contributed by atoms with E-state index in [9.17, 15) is 9.59 Å². The number of nitrogens with zero attached hydrogens (tertiary/aromatic N) is 3. The lowest BCUT2D eigenvalue weighted by molar-refractivity contribution is -0.138. The average Bonchev–Trinajstić information content (AvgIpc) is 3.36. The number of carbonyl (C=O) groups excluding carboxylic acids is 2. The number of aromatic nitrogens is 1. The van der Waals surface area contributed by atoms with Crippen molar-refractivity contribution in [2.24, 2.45) is 5.92 Å². The van der Waals surface area contributed by atoms with Gasteiger partial charge in [-0.15, -0.1) is 0 Å². The third-order valence-corrected chi connectivity index (χ3v) is 7.48. The number of aryl methyl sites for hydroxylation is 1. The summed E-state index contributed by atoms with van der Waals surface area (Å²) >= 11 is 0. The highest BCUT2D eigenvalue weighted by Crippen LogP contribution is 2.33. The second-order valence-electron chi connectivity index (χ2n) is 9.45. The summed E-state index contributed by atoms with van der Waals surface area (Å²) in [7, 11) is 0. The lowest BCUT2D eigenvalue weighted by Crippen LogP contribution is -2.51. The summed E-state index contributed by atoms with van der Waals surface area (Å²) in [5.74, 6) is 0.836. The molecule has 0 unspecified atom stereocenters. The molecule has 0 bridgehead atoms. The monoisotopic (exact) mass is 399 g/mol. The summed E-state index contributed by atoms with van der Waals surface area (Å²) < 4.78 is 2.40. The van der Waals surface area contributed by atoms with E-state index in [2.05, 4.69) is 29.4 Å². The molecule has 2 aliphatic carbocycles. The highest BCUT2D eigenvalue weighted by molar-refractivity contribution is 5.99. The Morgan fingerprint density at radius 2 is 1.52 bits per heavy atom. The van der Waals surface area contributed by atoms with E-state index in [-0.39, 0.29) is 11.7 Å². The van der Waals surface area contributed by atoms with Gasteiger partial charge in [0.25, 0.3) is 0 Å². The van der Waals surface area contributed by atoms with Gasteiger partial charge in [0.2, 0.25) is 5.91 Å². The van der Waals surface area contributed by atoms with E-state index < -0.39 is 0 Å². The fourth-order valence-electron chi connectivity index (χ4n) is 5.81. The number of piperazine rings is 1. The summed E-state index contributed by atoms with van der Waals surface area (Å²) in [4.78, 5) is 30.1. The molecule has 1 amide bonds. The van der Waals surface area contributed by atoms with Gasteiger partial charge in [-0.25, -0.2) is 0 Å². The number of amides is 1. The first-order valence-electron chi connectivity index (χ1n) is 11.8. The van der Waals surface area contributed by atoms with Gasteiger partial charge in [0.15, 0.2) is 5.78 Å². The maximum Gasteiger partial charge on any atom is 0.225 e. The van der Waals surface area contributed by atoms with Gasteiger partial charge < -0.3 is 9.47 Å². The summed E-state index contributed by atoms with van der Waals surface area (Å²) in [5, 5.41) is 0. The van der Waals surface area contributed by atoms with Gasteiger partial charge in [-0.3, -0.25) is 14.5 Å². The van der Waals surface area contributed by atoms with E-state index in [1.165, 1.54) is 50.6 Å². The molecule has 1 aromatic heterocycles. The minimum atomic E-state index is 0.231. The van der Waals surface area contributed by atoms with Crippen molar-refractivity contribution in [2.75, 3.05) is 32.7 Å². The molecule has 4 rings (SSSR count). The zero-order valence-electron chi connectivity index (χ0n) is 18.3. The van der Waals surface area contributed by atoms with Crippen molar-refractivity contribution in [1.82, 2.24) is 14.4 Å². The highest BCUT2D eigenvalue weighted by Gasteiger charge is 2.30. The van der Waals surface area contributed by atoms with E-state index in [1.807, 2.05) is 4.90 Å². The van der Waals surface area contributed by atoms with Crippen LogP contribution in [0.25, 0.3) is 0 Å². The first-order chi connectivity index (χ1) is 14.0. The van der Waals surface area contributed by atoms with Gasteiger partial charge >= 0.3 is 0 Å². The van der Waals surface area contributed by atoms with Crippen LogP contribution in [0.3, 0.4) is 0 Å². The second-order valence-corrected chi connectivity index (χ2v) is 9.45. The molecule has 2 saturated carbocycles. The first-order valence-corrected chi connectivity index (χ1v) is 11.8. The normalized spacial score (nSPS) is 22.3. The Labute approximate surface area is 175 Å². The SMILES string of the molecule is Cc1cc(C(=O)CN2CCN(C(=O)C3CCCCC3)CC2)c(C)n1C1CCCC1. The second kappa shape index (κ2) is 9.03. The van der Waals surface area contributed by atoms with Gasteiger partial charge in [-0.2, -0.15) is 0 Å². The van der Waals surface area contributed by atoms with E-state index >= 15 is 0 Å². The van der Waals surface area contributed by atoms with E-state index in [4.69, 9.17) is 0 Å². The van der Waals surface area contributed by atoms with Crippen molar-refractivity contribution in [1.29, 1.82) is 0 Å². The van der Waals surface area contributed by atoms with Crippen LogP contribution in [-0.4, -0.2) is 58.8 Å². The first kappa shape index (κ1) is 20.6. The minimum Gasteiger partial charge on any atom is -0.345 e. The highest BCUT2D eigenvalue weighted by atomic mass is 16.2. The third-order valence-electron chi connectivity index (χ3n) is 7.48. The largest absolute Gasteiger partial charge is 0.345 e. The molecule has 3 aliphatic rings. The maximum atomic E-state index is 13.0. The van der Waals surface area contributed by atoms with Crippen molar-refractivity contribution in [3.8, 4) is 0 Å². The number of ketones is 1. The van der Waals surface area contributed by atoms with Gasteiger partial charge in [0, 0.05) is 55.1 Å². The molecule has 2 heterocycles. The molecule has 3 fully saturated rings. The van der Waals surface area contributed by atoms with Crippen LogP contribution in [-0.2, 0) is 4.79 Å². The molecule has 0 spiro atoms.